The van der Waals surface area contributed by atoms with Gasteiger partial charge in [-0.1, -0.05) is 12.1 Å². The Bertz CT molecular complexity index is 1560. The fourth-order valence-electron chi connectivity index (χ4n) is 5.25. The Morgan fingerprint density at radius 1 is 1.15 bits per heavy atom. The molecular formula is C27H27FN6O5. The average Bonchev–Trinajstić information content (AvgIpc) is 3.59. The van der Waals surface area contributed by atoms with Gasteiger partial charge in [-0.25, -0.2) is 9.07 Å². The number of carbonyl (C=O) groups excluding carboxylic acids is 1. The summed E-state index contributed by atoms with van der Waals surface area (Å²) >= 11 is 0. The second-order valence-corrected chi connectivity index (χ2v) is 9.63. The zero-order valence-electron chi connectivity index (χ0n) is 21.3. The number of halogens is 1. The van der Waals surface area contributed by atoms with Crippen molar-refractivity contribution in [2.75, 3.05) is 26.5 Å². The highest BCUT2D eigenvalue weighted by Crippen LogP contribution is 2.37. The maximum atomic E-state index is 13.5. The lowest BCUT2D eigenvalue weighted by Gasteiger charge is -2.36. The zero-order chi connectivity index (χ0) is 26.9. The molecule has 4 aromatic rings. The van der Waals surface area contributed by atoms with E-state index in [-0.39, 0.29) is 30.1 Å². The summed E-state index contributed by atoms with van der Waals surface area (Å²) in [5, 5.41) is 13.2. The minimum atomic E-state index is -0.595. The molecule has 12 heteroatoms. The average molecular weight is 535 g/mol. The van der Waals surface area contributed by atoms with Gasteiger partial charge in [-0.2, -0.15) is 0 Å². The van der Waals surface area contributed by atoms with Crippen LogP contribution in [0.2, 0.25) is 0 Å². The summed E-state index contributed by atoms with van der Waals surface area (Å²) in [4.78, 5) is 31.0. The van der Waals surface area contributed by atoms with Crippen LogP contribution in [0.5, 0.6) is 11.5 Å². The van der Waals surface area contributed by atoms with Crippen molar-refractivity contribution in [3.8, 4) is 11.5 Å². The van der Waals surface area contributed by atoms with Gasteiger partial charge in [0.15, 0.2) is 17.3 Å². The van der Waals surface area contributed by atoms with E-state index in [1.165, 1.54) is 12.1 Å². The maximum absolute atomic E-state index is 13.5. The molecule has 1 N–H and O–H groups in total. The van der Waals surface area contributed by atoms with Gasteiger partial charge < -0.3 is 19.2 Å². The molecule has 39 heavy (non-hydrogen) atoms. The van der Waals surface area contributed by atoms with Crippen LogP contribution in [0, 0.1) is 11.7 Å². The molecule has 202 valence electrons. The van der Waals surface area contributed by atoms with Gasteiger partial charge in [-0.15, -0.1) is 5.10 Å². The molecule has 0 radical (unpaired) electrons. The van der Waals surface area contributed by atoms with Crippen molar-refractivity contribution in [3.63, 3.8) is 0 Å². The first kappa shape index (κ1) is 25.0. The van der Waals surface area contributed by atoms with E-state index in [4.69, 9.17) is 14.2 Å². The number of H-pyrrole nitrogens is 1. The largest absolute Gasteiger partial charge is 0.466 e. The van der Waals surface area contributed by atoms with Gasteiger partial charge in [-0.3, -0.25) is 14.5 Å². The Labute approximate surface area is 222 Å². The number of hydrogen-bond acceptors (Lipinski definition) is 9. The number of carbonyl (C=O) groups is 1. The molecule has 1 unspecified atom stereocenters. The number of ether oxygens (including phenoxy) is 3. The molecule has 2 aromatic carbocycles. The lowest BCUT2D eigenvalue weighted by molar-refractivity contribution is -0.149. The molecule has 0 spiro atoms. The highest BCUT2D eigenvalue weighted by molar-refractivity contribution is 5.83. The van der Waals surface area contributed by atoms with Gasteiger partial charge in [0.2, 0.25) is 6.79 Å². The normalized spacial score (nSPS) is 16.5. The molecule has 1 saturated heterocycles. The van der Waals surface area contributed by atoms with Gasteiger partial charge in [0.05, 0.1) is 24.6 Å². The van der Waals surface area contributed by atoms with Crippen LogP contribution in [0.1, 0.15) is 42.8 Å². The molecule has 6 rings (SSSR count). The summed E-state index contributed by atoms with van der Waals surface area (Å²) < 4.78 is 31.3. The van der Waals surface area contributed by atoms with E-state index in [9.17, 15) is 14.0 Å². The number of piperidine rings is 1. The molecule has 11 nitrogen and oxygen atoms in total. The van der Waals surface area contributed by atoms with E-state index in [1.54, 1.807) is 29.8 Å². The number of fused-ring (bicyclic) bond motifs is 2. The molecule has 2 aliphatic rings. The fourth-order valence-corrected chi connectivity index (χ4v) is 5.25. The van der Waals surface area contributed by atoms with E-state index >= 15 is 0 Å². The smallest absolute Gasteiger partial charge is 0.309 e. The monoisotopic (exact) mass is 534 g/mol. The number of hydrogen-bond donors (Lipinski definition) is 1. The van der Waals surface area contributed by atoms with E-state index in [0.29, 0.717) is 67.5 Å². The van der Waals surface area contributed by atoms with Crippen LogP contribution >= 0.6 is 0 Å². The quantitative estimate of drug-likeness (QED) is 0.356. The predicted octanol–water partition coefficient (Wildman–Crippen LogP) is 2.80. The highest BCUT2D eigenvalue weighted by atomic mass is 19.1. The van der Waals surface area contributed by atoms with E-state index in [2.05, 4.69) is 25.4 Å². The number of benzene rings is 2. The van der Waals surface area contributed by atoms with Crippen LogP contribution < -0.4 is 15.0 Å². The van der Waals surface area contributed by atoms with Crippen LogP contribution in [0.15, 0.2) is 47.3 Å². The molecule has 0 bridgehead atoms. The van der Waals surface area contributed by atoms with E-state index in [0.717, 1.165) is 10.9 Å². The second kappa shape index (κ2) is 10.4. The molecule has 4 heterocycles. The summed E-state index contributed by atoms with van der Waals surface area (Å²) in [5.74, 6) is 0.919. The number of nitrogens with zero attached hydrogens (tertiary/aromatic N) is 5. The van der Waals surface area contributed by atoms with Crippen LogP contribution in [-0.2, 0) is 16.1 Å². The van der Waals surface area contributed by atoms with Crippen molar-refractivity contribution in [3.05, 3.63) is 75.6 Å². The van der Waals surface area contributed by atoms with Crippen molar-refractivity contribution in [1.29, 1.82) is 0 Å². The Hall–Kier alpha value is -4.32. The number of tetrazole rings is 1. The first-order chi connectivity index (χ1) is 19.0. The van der Waals surface area contributed by atoms with Gasteiger partial charge >= 0.3 is 5.97 Å². The zero-order valence-corrected chi connectivity index (χ0v) is 21.3. The number of aromatic nitrogens is 5. The lowest BCUT2D eigenvalue weighted by Crippen LogP contribution is -2.42. The third-order valence-corrected chi connectivity index (χ3v) is 7.23. The molecule has 0 amide bonds. The summed E-state index contributed by atoms with van der Waals surface area (Å²) in [5.41, 5.74) is 1.62. The molecule has 2 aliphatic heterocycles. The first-order valence-corrected chi connectivity index (χ1v) is 12.9. The lowest BCUT2D eigenvalue weighted by atomic mass is 9.94. The summed E-state index contributed by atoms with van der Waals surface area (Å²) in [6, 6.07) is 10.9. The fraction of sp³-hybridized carbons (Fsp3) is 0.370. The molecule has 1 fully saturated rings. The number of pyridine rings is 1. The van der Waals surface area contributed by atoms with Gasteiger partial charge in [0.1, 0.15) is 11.9 Å². The SMILES string of the molecule is CCOC(=O)C1CCN(C(c2cc3cc4c(cc3[nH]c2=O)OCO4)c2nnnn2Cc2ccc(F)cc2)CC1. The van der Waals surface area contributed by atoms with E-state index < -0.39 is 6.04 Å². The third kappa shape index (κ3) is 4.94. The summed E-state index contributed by atoms with van der Waals surface area (Å²) in [7, 11) is 0. The van der Waals surface area contributed by atoms with Crippen molar-refractivity contribution < 1.29 is 23.4 Å². The third-order valence-electron chi connectivity index (χ3n) is 7.23. The topological polar surface area (TPSA) is 124 Å². The van der Waals surface area contributed by atoms with Crippen molar-refractivity contribution >= 4 is 16.9 Å². The Kier molecular flexibility index (Phi) is 6.69. The van der Waals surface area contributed by atoms with Crippen molar-refractivity contribution in [2.45, 2.75) is 32.4 Å². The predicted molar refractivity (Wildman–Crippen MR) is 137 cm³/mol. The molecule has 2 aromatic heterocycles. The van der Waals surface area contributed by atoms with E-state index in [1.807, 2.05) is 12.1 Å². The van der Waals surface area contributed by atoms with Crippen molar-refractivity contribution in [1.82, 2.24) is 30.1 Å². The van der Waals surface area contributed by atoms with Crippen LogP contribution in [0.25, 0.3) is 10.9 Å². The first-order valence-electron chi connectivity index (χ1n) is 12.9. The Morgan fingerprint density at radius 3 is 2.64 bits per heavy atom. The summed E-state index contributed by atoms with van der Waals surface area (Å²) in [6.07, 6.45) is 1.16. The molecular weight excluding hydrogens is 507 g/mol. The minimum Gasteiger partial charge on any atom is -0.466 e. The number of nitrogens with one attached hydrogen (secondary N) is 1. The molecule has 0 aliphatic carbocycles. The molecule has 0 saturated carbocycles. The Balaban J connectivity index is 1.39. The number of rotatable bonds is 7. The Morgan fingerprint density at radius 2 is 1.90 bits per heavy atom. The standard InChI is InChI=1S/C27H27FN6O5/c1-2-37-27(36)17-7-9-33(10-8-17)24(25-30-31-32-34(25)14-16-3-5-19(28)6-4-16)20-11-18-12-22-23(39-15-38-22)13-21(18)29-26(20)35/h3-6,11-13,17,24H,2,7-10,14-15H2,1H3,(H,29,35). The summed E-state index contributed by atoms with van der Waals surface area (Å²) in [6.45, 7) is 3.63. The van der Waals surface area contributed by atoms with Crippen LogP contribution in [-0.4, -0.2) is 62.5 Å². The molecule has 1 atom stereocenters. The minimum absolute atomic E-state index is 0.124. The van der Waals surface area contributed by atoms with Gasteiger partial charge in [0.25, 0.3) is 5.56 Å². The number of likely N-dealkylation sites (tertiary alicyclic amines) is 1. The second-order valence-electron chi connectivity index (χ2n) is 9.63. The highest BCUT2D eigenvalue weighted by Gasteiger charge is 2.35. The van der Waals surface area contributed by atoms with Gasteiger partial charge in [-0.05, 0) is 60.0 Å². The van der Waals surface area contributed by atoms with Crippen molar-refractivity contribution in [2.24, 2.45) is 5.92 Å². The van der Waals surface area contributed by atoms with Gasteiger partial charge in [0, 0.05) is 30.1 Å². The van der Waals surface area contributed by atoms with Crippen LogP contribution in [0.4, 0.5) is 4.39 Å². The van der Waals surface area contributed by atoms with Crippen LogP contribution in [0.3, 0.4) is 0 Å². The maximum Gasteiger partial charge on any atom is 0.309 e. The number of aromatic amines is 1. The number of esters is 1.